The zero-order chi connectivity index (χ0) is 16.5. The van der Waals surface area contributed by atoms with Crippen LogP contribution in [0.5, 0.6) is 0 Å². The van der Waals surface area contributed by atoms with Gasteiger partial charge in [0.15, 0.2) is 5.01 Å². The highest BCUT2D eigenvalue weighted by Gasteiger charge is 2.35. The summed E-state index contributed by atoms with van der Waals surface area (Å²) in [6, 6.07) is 8.57. The van der Waals surface area contributed by atoms with E-state index in [0.29, 0.717) is 10.9 Å². The molecule has 126 valence electrons. The second-order valence-electron chi connectivity index (χ2n) is 6.57. The monoisotopic (exact) mass is 359 g/mol. The summed E-state index contributed by atoms with van der Waals surface area (Å²) < 4.78 is 1.06. The van der Waals surface area contributed by atoms with Crippen LogP contribution < -0.4 is 5.32 Å². The summed E-state index contributed by atoms with van der Waals surface area (Å²) in [5.74, 6) is 0.620. The van der Waals surface area contributed by atoms with Gasteiger partial charge in [-0.05, 0) is 50.4 Å². The minimum Gasteiger partial charge on any atom is -0.346 e. The summed E-state index contributed by atoms with van der Waals surface area (Å²) >= 11 is 3.16. The first-order valence-corrected chi connectivity index (χ1v) is 10.0. The maximum atomic E-state index is 12.5. The number of piperidine rings is 3. The SMILES string of the molecule is Cc1ccccc1Sc1cnc(C(=O)NC2CN3CCC2CC3)s1. The molecule has 0 spiro atoms. The zero-order valence-electron chi connectivity index (χ0n) is 13.7. The molecular weight excluding hydrogens is 338 g/mol. The number of benzene rings is 1. The number of nitrogens with one attached hydrogen (secondary N) is 1. The molecule has 1 aromatic heterocycles. The van der Waals surface area contributed by atoms with Crippen molar-refractivity contribution in [3.8, 4) is 0 Å². The highest BCUT2D eigenvalue weighted by molar-refractivity contribution is 8.01. The van der Waals surface area contributed by atoms with Gasteiger partial charge in [0.1, 0.15) is 0 Å². The largest absolute Gasteiger partial charge is 0.346 e. The van der Waals surface area contributed by atoms with Gasteiger partial charge in [-0.3, -0.25) is 4.79 Å². The second kappa shape index (κ2) is 6.86. The predicted octanol–water partition coefficient (Wildman–Crippen LogP) is 3.43. The Morgan fingerprint density at radius 1 is 1.33 bits per heavy atom. The first-order valence-electron chi connectivity index (χ1n) is 8.41. The molecule has 1 N–H and O–H groups in total. The number of nitrogens with zero attached hydrogens (tertiary/aromatic N) is 2. The molecule has 24 heavy (non-hydrogen) atoms. The Morgan fingerprint density at radius 3 is 2.83 bits per heavy atom. The van der Waals surface area contributed by atoms with Crippen molar-refractivity contribution in [3.63, 3.8) is 0 Å². The first kappa shape index (κ1) is 16.1. The molecule has 3 fully saturated rings. The summed E-state index contributed by atoms with van der Waals surface area (Å²) in [6.45, 7) is 5.47. The van der Waals surface area contributed by atoms with E-state index in [2.05, 4.69) is 34.3 Å². The topological polar surface area (TPSA) is 45.2 Å². The molecule has 0 saturated carbocycles. The number of carbonyl (C=O) groups excluding carboxylic acids is 1. The molecule has 1 unspecified atom stereocenters. The van der Waals surface area contributed by atoms with Crippen molar-refractivity contribution in [2.75, 3.05) is 19.6 Å². The lowest BCUT2D eigenvalue weighted by Gasteiger charge is -2.44. The number of fused-ring (bicyclic) bond motifs is 3. The van der Waals surface area contributed by atoms with Crippen LogP contribution in [0.3, 0.4) is 0 Å². The Labute approximate surface area is 150 Å². The Morgan fingerprint density at radius 2 is 2.12 bits per heavy atom. The van der Waals surface area contributed by atoms with Crippen molar-refractivity contribution in [2.24, 2.45) is 5.92 Å². The second-order valence-corrected chi connectivity index (χ2v) is 8.94. The van der Waals surface area contributed by atoms with E-state index in [1.54, 1.807) is 11.8 Å². The average Bonchev–Trinajstić information content (AvgIpc) is 3.07. The van der Waals surface area contributed by atoms with Crippen molar-refractivity contribution in [1.82, 2.24) is 15.2 Å². The molecule has 1 amide bonds. The van der Waals surface area contributed by atoms with Crippen molar-refractivity contribution in [3.05, 3.63) is 41.0 Å². The Balaban J connectivity index is 1.41. The normalized spacial score (nSPS) is 25.6. The number of carbonyl (C=O) groups is 1. The third kappa shape index (κ3) is 3.36. The number of amides is 1. The van der Waals surface area contributed by atoms with Crippen molar-refractivity contribution >= 4 is 29.0 Å². The standard InChI is InChI=1S/C18H21N3OS2/c1-12-4-2-3-5-15(12)23-16-10-19-18(24-16)17(22)20-14-11-21-8-6-13(14)7-9-21/h2-5,10,13-14H,6-9,11H2,1H3,(H,20,22). The van der Waals surface area contributed by atoms with Gasteiger partial charge < -0.3 is 10.2 Å². The first-order chi connectivity index (χ1) is 11.7. The van der Waals surface area contributed by atoms with E-state index in [9.17, 15) is 4.79 Å². The molecule has 2 aromatic rings. The van der Waals surface area contributed by atoms with E-state index in [4.69, 9.17) is 0 Å². The molecule has 1 aromatic carbocycles. The van der Waals surface area contributed by atoms with Crippen LogP contribution in [0.2, 0.25) is 0 Å². The molecule has 2 bridgehead atoms. The smallest absolute Gasteiger partial charge is 0.280 e. The van der Waals surface area contributed by atoms with Gasteiger partial charge in [-0.15, -0.1) is 11.3 Å². The van der Waals surface area contributed by atoms with Crippen molar-refractivity contribution in [2.45, 2.75) is 34.9 Å². The summed E-state index contributed by atoms with van der Waals surface area (Å²) in [6.07, 6.45) is 4.22. The molecule has 1 atom stereocenters. The van der Waals surface area contributed by atoms with E-state index in [-0.39, 0.29) is 11.9 Å². The molecule has 0 aliphatic carbocycles. The summed E-state index contributed by atoms with van der Waals surface area (Å²) in [5.41, 5.74) is 1.24. The lowest BCUT2D eigenvalue weighted by Crippen LogP contribution is -2.57. The molecule has 3 saturated heterocycles. The number of thiazole rings is 1. The fraction of sp³-hybridized carbons (Fsp3) is 0.444. The van der Waals surface area contributed by atoms with Gasteiger partial charge in [0.25, 0.3) is 5.91 Å². The number of hydrogen-bond donors (Lipinski definition) is 1. The van der Waals surface area contributed by atoms with Crippen LogP contribution in [0.25, 0.3) is 0 Å². The van der Waals surface area contributed by atoms with E-state index in [1.807, 2.05) is 18.3 Å². The summed E-state index contributed by atoms with van der Waals surface area (Å²) in [4.78, 5) is 20.5. The summed E-state index contributed by atoms with van der Waals surface area (Å²) in [5, 5.41) is 3.78. The fourth-order valence-electron chi connectivity index (χ4n) is 3.55. The number of aromatic nitrogens is 1. The van der Waals surface area contributed by atoms with Crippen LogP contribution in [0.4, 0.5) is 0 Å². The van der Waals surface area contributed by atoms with Gasteiger partial charge in [0, 0.05) is 17.5 Å². The maximum absolute atomic E-state index is 12.5. The van der Waals surface area contributed by atoms with Gasteiger partial charge in [-0.1, -0.05) is 30.0 Å². The molecule has 3 aliphatic heterocycles. The van der Waals surface area contributed by atoms with E-state index >= 15 is 0 Å². The molecular formula is C18H21N3OS2. The quantitative estimate of drug-likeness (QED) is 0.908. The molecule has 6 heteroatoms. The average molecular weight is 360 g/mol. The highest BCUT2D eigenvalue weighted by atomic mass is 32.2. The number of hydrogen-bond acceptors (Lipinski definition) is 5. The fourth-order valence-corrected chi connectivity index (χ4v) is 5.47. The minimum atomic E-state index is -0.0182. The lowest BCUT2D eigenvalue weighted by molar-refractivity contribution is 0.0620. The Hall–Kier alpha value is -1.37. The van der Waals surface area contributed by atoms with Crippen LogP contribution >= 0.6 is 23.1 Å². The van der Waals surface area contributed by atoms with Gasteiger partial charge in [0.05, 0.1) is 10.4 Å². The highest BCUT2D eigenvalue weighted by Crippen LogP contribution is 2.34. The van der Waals surface area contributed by atoms with Crippen LogP contribution in [-0.2, 0) is 0 Å². The third-order valence-electron chi connectivity index (χ3n) is 4.96. The minimum absolute atomic E-state index is 0.0182. The van der Waals surface area contributed by atoms with E-state index in [1.165, 1.54) is 47.7 Å². The molecule has 0 radical (unpaired) electrons. The predicted molar refractivity (Wildman–Crippen MR) is 97.8 cm³/mol. The number of aryl methyl sites for hydroxylation is 1. The molecule has 3 aliphatic rings. The van der Waals surface area contributed by atoms with Gasteiger partial charge in [0.2, 0.25) is 0 Å². The lowest BCUT2D eigenvalue weighted by atomic mass is 9.84. The van der Waals surface area contributed by atoms with Crippen LogP contribution in [-0.4, -0.2) is 41.5 Å². The molecule has 4 nitrogen and oxygen atoms in total. The van der Waals surface area contributed by atoms with E-state index < -0.39 is 0 Å². The summed E-state index contributed by atoms with van der Waals surface area (Å²) in [7, 11) is 0. The van der Waals surface area contributed by atoms with Crippen LogP contribution in [0, 0.1) is 12.8 Å². The third-order valence-corrected chi connectivity index (χ3v) is 7.23. The molecule has 4 heterocycles. The number of rotatable bonds is 4. The van der Waals surface area contributed by atoms with E-state index in [0.717, 1.165) is 10.8 Å². The van der Waals surface area contributed by atoms with Crippen LogP contribution in [0.1, 0.15) is 28.2 Å². The van der Waals surface area contributed by atoms with Crippen LogP contribution in [0.15, 0.2) is 39.6 Å². The maximum Gasteiger partial charge on any atom is 0.280 e. The Bertz CT molecular complexity index is 737. The van der Waals surface area contributed by atoms with Gasteiger partial charge >= 0.3 is 0 Å². The van der Waals surface area contributed by atoms with Gasteiger partial charge in [-0.2, -0.15) is 0 Å². The van der Waals surface area contributed by atoms with Gasteiger partial charge in [-0.25, -0.2) is 4.98 Å². The van der Waals surface area contributed by atoms with Crippen molar-refractivity contribution in [1.29, 1.82) is 0 Å². The van der Waals surface area contributed by atoms with Crippen molar-refractivity contribution < 1.29 is 4.79 Å². The molecule has 5 rings (SSSR count). The Kier molecular flexibility index (Phi) is 4.61. The zero-order valence-corrected chi connectivity index (χ0v) is 15.3.